The van der Waals surface area contributed by atoms with Crippen molar-refractivity contribution in [3.63, 3.8) is 0 Å². The molecule has 1 aliphatic heterocycles. The molecule has 0 radical (unpaired) electrons. The minimum absolute atomic E-state index is 0.0864. The molecule has 1 aliphatic rings. The number of halogens is 1. The standard InChI is InChI=1S/C22H27ClN4O3S/c1-3-24-20(28)11-15-7-9-27(10-8-15)21-19(13-18(14-25-21)31(2)30)26-22(29)16-5-4-6-17(23)12-16/h4-6,12-15H,3,7-11H2,1-2H3,(H,24,28)(H,26,29). The van der Waals surface area contributed by atoms with Crippen molar-refractivity contribution in [2.45, 2.75) is 31.1 Å². The summed E-state index contributed by atoms with van der Waals surface area (Å²) in [5.74, 6) is 0.745. The lowest BCUT2D eigenvalue weighted by Gasteiger charge is -2.33. The number of pyridine rings is 1. The predicted octanol–water partition coefficient (Wildman–Crippen LogP) is 3.47. The molecule has 1 aromatic carbocycles. The van der Waals surface area contributed by atoms with Crippen LogP contribution in [0.4, 0.5) is 11.5 Å². The van der Waals surface area contributed by atoms with E-state index >= 15 is 0 Å². The second-order valence-electron chi connectivity index (χ2n) is 7.55. The van der Waals surface area contributed by atoms with E-state index in [-0.39, 0.29) is 11.8 Å². The molecule has 9 heteroatoms. The first-order valence-corrected chi connectivity index (χ1v) is 12.2. The highest BCUT2D eigenvalue weighted by molar-refractivity contribution is 7.84. The molecular formula is C22H27ClN4O3S. The van der Waals surface area contributed by atoms with Crippen LogP contribution in [0.15, 0.2) is 41.4 Å². The Kier molecular flexibility index (Phi) is 8.03. The highest BCUT2D eigenvalue weighted by Gasteiger charge is 2.25. The number of benzene rings is 1. The molecule has 2 aromatic rings. The molecule has 0 bridgehead atoms. The number of nitrogens with one attached hydrogen (secondary N) is 2. The fraction of sp³-hybridized carbons (Fsp3) is 0.409. The van der Waals surface area contributed by atoms with Gasteiger partial charge in [-0.25, -0.2) is 4.98 Å². The quantitative estimate of drug-likeness (QED) is 0.657. The maximum atomic E-state index is 12.8. The van der Waals surface area contributed by atoms with E-state index in [1.807, 2.05) is 6.92 Å². The second-order valence-corrected chi connectivity index (χ2v) is 9.36. The van der Waals surface area contributed by atoms with Crippen molar-refractivity contribution in [1.29, 1.82) is 0 Å². The van der Waals surface area contributed by atoms with E-state index in [4.69, 9.17) is 11.6 Å². The van der Waals surface area contributed by atoms with Gasteiger partial charge in [0.15, 0.2) is 5.82 Å². The van der Waals surface area contributed by atoms with Gasteiger partial charge in [0, 0.05) is 49.1 Å². The van der Waals surface area contributed by atoms with Gasteiger partial charge in [0.2, 0.25) is 5.91 Å². The number of hydrogen-bond acceptors (Lipinski definition) is 5. The monoisotopic (exact) mass is 462 g/mol. The van der Waals surface area contributed by atoms with Crippen LogP contribution in [0.5, 0.6) is 0 Å². The first kappa shape index (κ1) is 23.2. The number of carbonyl (C=O) groups excluding carboxylic acids is 2. The minimum Gasteiger partial charge on any atom is -0.356 e. The van der Waals surface area contributed by atoms with Crippen molar-refractivity contribution in [3.05, 3.63) is 47.1 Å². The largest absolute Gasteiger partial charge is 0.356 e. The van der Waals surface area contributed by atoms with Crippen LogP contribution in [0.25, 0.3) is 0 Å². The molecule has 7 nitrogen and oxygen atoms in total. The summed E-state index contributed by atoms with van der Waals surface area (Å²) in [7, 11) is -1.23. The summed E-state index contributed by atoms with van der Waals surface area (Å²) in [4.78, 5) is 31.8. The van der Waals surface area contributed by atoms with Crippen LogP contribution < -0.4 is 15.5 Å². The number of carbonyl (C=O) groups is 2. The van der Waals surface area contributed by atoms with Gasteiger partial charge in [-0.3, -0.25) is 13.8 Å². The molecule has 0 saturated carbocycles. The van der Waals surface area contributed by atoms with Crippen molar-refractivity contribution in [2.75, 3.05) is 36.1 Å². The van der Waals surface area contributed by atoms with Crippen LogP contribution in [0.2, 0.25) is 5.02 Å². The SMILES string of the molecule is CCNC(=O)CC1CCN(c2ncc(S(C)=O)cc2NC(=O)c2cccc(Cl)c2)CC1. The molecule has 0 spiro atoms. The molecule has 2 heterocycles. The van der Waals surface area contributed by atoms with Gasteiger partial charge in [-0.2, -0.15) is 0 Å². The summed E-state index contributed by atoms with van der Waals surface area (Å²) in [6.07, 6.45) is 5.42. The first-order chi connectivity index (χ1) is 14.9. The molecule has 166 valence electrons. The summed E-state index contributed by atoms with van der Waals surface area (Å²) in [5.41, 5.74) is 0.946. The van der Waals surface area contributed by atoms with Crippen LogP contribution in [0.3, 0.4) is 0 Å². The van der Waals surface area contributed by atoms with Gasteiger partial charge in [0.05, 0.1) is 21.4 Å². The maximum absolute atomic E-state index is 12.8. The Hall–Kier alpha value is -2.45. The predicted molar refractivity (Wildman–Crippen MR) is 124 cm³/mol. The molecule has 31 heavy (non-hydrogen) atoms. The van der Waals surface area contributed by atoms with Crippen molar-refractivity contribution < 1.29 is 13.8 Å². The average Bonchev–Trinajstić information content (AvgIpc) is 2.74. The topological polar surface area (TPSA) is 91.4 Å². The van der Waals surface area contributed by atoms with E-state index in [0.717, 1.165) is 25.9 Å². The van der Waals surface area contributed by atoms with Gasteiger partial charge in [-0.1, -0.05) is 17.7 Å². The van der Waals surface area contributed by atoms with E-state index in [1.54, 1.807) is 42.8 Å². The van der Waals surface area contributed by atoms with Crippen LogP contribution in [0, 0.1) is 5.92 Å². The van der Waals surface area contributed by atoms with E-state index in [2.05, 4.69) is 20.5 Å². The maximum Gasteiger partial charge on any atom is 0.255 e. The minimum atomic E-state index is -1.23. The van der Waals surface area contributed by atoms with Crippen LogP contribution in [0.1, 0.15) is 36.5 Å². The smallest absolute Gasteiger partial charge is 0.255 e. The van der Waals surface area contributed by atoms with Crippen LogP contribution in [-0.4, -0.2) is 46.9 Å². The van der Waals surface area contributed by atoms with Gasteiger partial charge >= 0.3 is 0 Å². The molecule has 1 atom stereocenters. The fourth-order valence-electron chi connectivity index (χ4n) is 3.64. The lowest BCUT2D eigenvalue weighted by molar-refractivity contribution is -0.122. The Bertz CT molecular complexity index is 977. The van der Waals surface area contributed by atoms with E-state index in [0.29, 0.717) is 45.9 Å². The lowest BCUT2D eigenvalue weighted by Crippen LogP contribution is -2.37. The van der Waals surface area contributed by atoms with Crippen molar-refractivity contribution in [3.8, 4) is 0 Å². The summed E-state index contributed by atoms with van der Waals surface area (Å²) < 4.78 is 12.0. The Balaban J connectivity index is 1.77. The Morgan fingerprint density at radius 3 is 2.65 bits per heavy atom. The van der Waals surface area contributed by atoms with E-state index < -0.39 is 10.8 Å². The van der Waals surface area contributed by atoms with Gasteiger partial charge in [0.1, 0.15) is 0 Å². The van der Waals surface area contributed by atoms with Gasteiger partial charge in [-0.15, -0.1) is 0 Å². The van der Waals surface area contributed by atoms with Crippen LogP contribution >= 0.6 is 11.6 Å². The zero-order valence-corrected chi connectivity index (χ0v) is 19.3. The molecule has 1 saturated heterocycles. The average molecular weight is 463 g/mol. The normalized spacial score (nSPS) is 15.4. The third-order valence-electron chi connectivity index (χ3n) is 5.27. The number of nitrogens with zero attached hydrogens (tertiary/aromatic N) is 2. The zero-order chi connectivity index (χ0) is 22.4. The number of aromatic nitrogens is 1. The number of rotatable bonds is 7. The summed E-state index contributed by atoms with van der Waals surface area (Å²) >= 11 is 6.01. The van der Waals surface area contributed by atoms with Gasteiger partial charge < -0.3 is 15.5 Å². The Morgan fingerprint density at radius 1 is 1.26 bits per heavy atom. The number of anilines is 2. The fourth-order valence-corrected chi connectivity index (χ4v) is 4.32. The van der Waals surface area contributed by atoms with E-state index in [9.17, 15) is 13.8 Å². The summed E-state index contributed by atoms with van der Waals surface area (Å²) in [5, 5.41) is 6.23. The molecule has 1 aromatic heterocycles. The highest BCUT2D eigenvalue weighted by atomic mass is 35.5. The first-order valence-electron chi connectivity index (χ1n) is 10.3. The van der Waals surface area contributed by atoms with E-state index in [1.165, 1.54) is 0 Å². The molecule has 1 unspecified atom stereocenters. The third kappa shape index (κ3) is 6.27. The highest BCUT2D eigenvalue weighted by Crippen LogP contribution is 2.31. The molecule has 0 aliphatic carbocycles. The van der Waals surface area contributed by atoms with Gasteiger partial charge in [-0.05, 0) is 49.9 Å². The summed E-state index contributed by atoms with van der Waals surface area (Å²) in [6, 6.07) is 8.41. The van der Waals surface area contributed by atoms with Gasteiger partial charge in [0.25, 0.3) is 5.91 Å². The number of hydrogen-bond donors (Lipinski definition) is 2. The lowest BCUT2D eigenvalue weighted by atomic mass is 9.93. The van der Waals surface area contributed by atoms with Crippen molar-refractivity contribution >= 4 is 45.7 Å². The number of amides is 2. The Morgan fingerprint density at radius 2 is 2.00 bits per heavy atom. The van der Waals surface area contributed by atoms with Crippen molar-refractivity contribution in [2.24, 2.45) is 5.92 Å². The summed E-state index contributed by atoms with van der Waals surface area (Å²) in [6.45, 7) is 4.01. The zero-order valence-electron chi connectivity index (χ0n) is 17.7. The molecule has 3 rings (SSSR count). The molecule has 2 amide bonds. The molecular weight excluding hydrogens is 436 g/mol. The molecule has 2 N–H and O–H groups in total. The number of piperidine rings is 1. The van der Waals surface area contributed by atoms with Crippen LogP contribution in [-0.2, 0) is 15.6 Å². The second kappa shape index (κ2) is 10.7. The molecule has 1 fully saturated rings. The third-order valence-corrected chi connectivity index (χ3v) is 6.39. The Labute approximate surface area is 190 Å². The van der Waals surface area contributed by atoms with Crippen molar-refractivity contribution in [1.82, 2.24) is 10.3 Å².